The Morgan fingerprint density at radius 1 is 0.926 bits per heavy atom. The van der Waals surface area contributed by atoms with Crippen LogP contribution in [-0.2, 0) is 16.0 Å². The average molecular weight is 365 g/mol. The van der Waals surface area contributed by atoms with Crippen LogP contribution in [0, 0.1) is 0 Å². The SMILES string of the molecule is O=C(Cc1ccc(N2CCCC2=O)cc1)NCCNC(=O)c1ccccc1. The Morgan fingerprint density at radius 2 is 1.63 bits per heavy atom. The van der Waals surface area contributed by atoms with Gasteiger partial charge in [-0.05, 0) is 36.2 Å². The molecule has 1 saturated heterocycles. The summed E-state index contributed by atoms with van der Waals surface area (Å²) in [5.74, 6) is -0.108. The standard InChI is InChI=1S/C21H23N3O3/c25-19(22-12-13-23-21(27)17-5-2-1-3-6-17)15-16-8-10-18(11-9-16)24-14-4-7-20(24)26/h1-3,5-6,8-11H,4,7,12-15H2,(H,22,25)(H,23,27). The fraction of sp³-hybridized carbons (Fsp3) is 0.286. The van der Waals surface area contributed by atoms with Crippen molar-refractivity contribution >= 4 is 23.4 Å². The molecule has 0 radical (unpaired) electrons. The van der Waals surface area contributed by atoms with Crippen molar-refractivity contribution in [2.24, 2.45) is 0 Å². The predicted octanol–water partition coefficient (Wildman–Crippen LogP) is 1.90. The zero-order valence-electron chi connectivity index (χ0n) is 15.1. The molecule has 2 N–H and O–H groups in total. The van der Waals surface area contributed by atoms with Crippen molar-refractivity contribution in [3.63, 3.8) is 0 Å². The van der Waals surface area contributed by atoms with Crippen molar-refractivity contribution in [3.05, 3.63) is 65.7 Å². The molecule has 2 aromatic rings. The van der Waals surface area contributed by atoms with E-state index in [1.807, 2.05) is 42.5 Å². The first-order valence-corrected chi connectivity index (χ1v) is 9.13. The number of rotatable bonds is 7. The van der Waals surface area contributed by atoms with E-state index in [0.29, 0.717) is 25.1 Å². The highest BCUT2D eigenvalue weighted by Gasteiger charge is 2.21. The molecule has 0 atom stereocenters. The lowest BCUT2D eigenvalue weighted by Crippen LogP contribution is -2.35. The third-order valence-corrected chi connectivity index (χ3v) is 4.45. The third-order valence-electron chi connectivity index (χ3n) is 4.45. The highest BCUT2D eigenvalue weighted by atomic mass is 16.2. The maximum atomic E-state index is 12.0. The first kappa shape index (κ1) is 18.6. The molecule has 140 valence electrons. The predicted molar refractivity (Wildman–Crippen MR) is 104 cm³/mol. The second-order valence-electron chi connectivity index (χ2n) is 6.46. The van der Waals surface area contributed by atoms with Crippen molar-refractivity contribution < 1.29 is 14.4 Å². The number of hydrogen-bond donors (Lipinski definition) is 2. The average Bonchev–Trinajstić information content (AvgIpc) is 3.12. The van der Waals surface area contributed by atoms with Crippen LogP contribution in [0.3, 0.4) is 0 Å². The topological polar surface area (TPSA) is 78.5 Å². The van der Waals surface area contributed by atoms with E-state index in [-0.39, 0.29) is 24.1 Å². The van der Waals surface area contributed by atoms with Crippen molar-refractivity contribution in [1.82, 2.24) is 10.6 Å². The molecular formula is C21H23N3O3. The Bertz CT molecular complexity index is 803. The lowest BCUT2D eigenvalue weighted by molar-refractivity contribution is -0.120. The van der Waals surface area contributed by atoms with E-state index in [9.17, 15) is 14.4 Å². The molecule has 3 rings (SSSR count). The Morgan fingerprint density at radius 3 is 2.30 bits per heavy atom. The minimum Gasteiger partial charge on any atom is -0.354 e. The number of carbonyl (C=O) groups is 3. The summed E-state index contributed by atoms with van der Waals surface area (Å²) in [6.45, 7) is 1.50. The summed E-state index contributed by atoms with van der Waals surface area (Å²) in [4.78, 5) is 37.5. The summed E-state index contributed by atoms with van der Waals surface area (Å²) in [6, 6.07) is 16.5. The number of anilines is 1. The van der Waals surface area contributed by atoms with Crippen LogP contribution in [0.25, 0.3) is 0 Å². The van der Waals surface area contributed by atoms with E-state index in [2.05, 4.69) is 10.6 Å². The zero-order valence-corrected chi connectivity index (χ0v) is 15.1. The zero-order chi connectivity index (χ0) is 19.1. The van der Waals surface area contributed by atoms with Crippen LogP contribution in [0.1, 0.15) is 28.8 Å². The molecule has 1 aliphatic heterocycles. The van der Waals surface area contributed by atoms with E-state index < -0.39 is 0 Å². The largest absolute Gasteiger partial charge is 0.354 e. The molecule has 0 saturated carbocycles. The van der Waals surface area contributed by atoms with Crippen molar-refractivity contribution in [2.45, 2.75) is 19.3 Å². The van der Waals surface area contributed by atoms with Crippen LogP contribution in [-0.4, -0.2) is 37.4 Å². The normalized spacial score (nSPS) is 13.5. The molecule has 27 heavy (non-hydrogen) atoms. The van der Waals surface area contributed by atoms with Crippen LogP contribution >= 0.6 is 0 Å². The first-order chi connectivity index (χ1) is 13.1. The van der Waals surface area contributed by atoms with E-state index in [0.717, 1.165) is 24.2 Å². The van der Waals surface area contributed by atoms with Crippen LogP contribution in [0.5, 0.6) is 0 Å². The summed E-state index contributed by atoms with van der Waals surface area (Å²) in [5.41, 5.74) is 2.36. The van der Waals surface area contributed by atoms with Gasteiger partial charge in [0.25, 0.3) is 5.91 Å². The Kier molecular flexibility index (Phi) is 6.20. The van der Waals surface area contributed by atoms with E-state index in [1.54, 1.807) is 17.0 Å². The molecule has 6 heteroatoms. The highest BCUT2D eigenvalue weighted by Crippen LogP contribution is 2.21. The van der Waals surface area contributed by atoms with Crippen LogP contribution in [0.4, 0.5) is 5.69 Å². The van der Waals surface area contributed by atoms with Gasteiger partial charge in [-0.2, -0.15) is 0 Å². The Balaban J connectivity index is 1.39. The molecule has 6 nitrogen and oxygen atoms in total. The molecule has 1 fully saturated rings. The van der Waals surface area contributed by atoms with Gasteiger partial charge in [0, 0.05) is 37.3 Å². The Hall–Kier alpha value is -3.15. The summed E-state index contributed by atoms with van der Waals surface area (Å²) in [6.07, 6.45) is 1.76. The molecule has 1 aliphatic rings. The maximum Gasteiger partial charge on any atom is 0.251 e. The number of hydrogen-bond acceptors (Lipinski definition) is 3. The molecular weight excluding hydrogens is 342 g/mol. The van der Waals surface area contributed by atoms with E-state index >= 15 is 0 Å². The molecule has 0 unspecified atom stereocenters. The quantitative estimate of drug-likeness (QED) is 0.736. The molecule has 2 aromatic carbocycles. The van der Waals surface area contributed by atoms with Gasteiger partial charge in [0.15, 0.2) is 0 Å². The van der Waals surface area contributed by atoms with Crippen LogP contribution in [0.15, 0.2) is 54.6 Å². The van der Waals surface area contributed by atoms with Gasteiger partial charge < -0.3 is 15.5 Å². The summed E-state index contributed by atoms with van der Waals surface area (Å²) >= 11 is 0. The second-order valence-corrected chi connectivity index (χ2v) is 6.46. The number of nitrogens with one attached hydrogen (secondary N) is 2. The van der Waals surface area contributed by atoms with E-state index in [1.165, 1.54) is 0 Å². The molecule has 0 aromatic heterocycles. The number of nitrogens with zero attached hydrogens (tertiary/aromatic N) is 1. The lowest BCUT2D eigenvalue weighted by Gasteiger charge is -2.15. The van der Waals surface area contributed by atoms with E-state index in [4.69, 9.17) is 0 Å². The molecule has 0 aliphatic carbocycles. The number of amides is 3. The summed E-state index contributed by atoms with van der Waals surface area (Å²) < 4.78 is 0. The molecule has 3 amide bonds. The second kappa shape index (κ2) is 8.98. The highest BCUT2D eigenvalue weighted by molar-refractivity contribution is 5.95. The fourth-order valence-corrected chi connectivity index (χ4v) is 3.03. The Labute approximate surface area is 158 Å². The van der Waals surface area contributed by atoms with Gasteiger partial charge in [0.2, 0.25) is 11.8 Å². The summed E-state index contributed by atoms with van der Waals surface area (Å²) in [5, 5.41) is 5.57. The van der Waals surface area contributed by atoms with Gasteiger partial charge in [-0.3, -0.25) is 14.4 Å². The monoisotopic (exact) mass is 365 g/mol. The first-order valence-electron chi connectivity index (χ1n) is 9.13. The van der Waals surface area contributed by atoms with Gasteiger partial charge in [-0.15, -0.1) is 0 Å². The number of benzene rings is 2. The van der Waals surface area contributed by atoms with Gasteiger partial charge in [0.1, 0.15) is 0 Å². The van der Waals surface area contributed by atoms with Crippen molar-refractivity contribution in [2.75, 3.05) is 24.5 Å². The molecule has 0 spiro atoms. The molecule has 1 heterocycles. The number of carbonyl (C=O) groups excluding carboxylic acids is 3. The maximum absolute atomic E-state index is 12.0. The fourth-order valence-electron chi connectivity index (χ4n) is 3.03. The third kappa shape index (κ3) is 5.17. The van der Waals surface area contributed by atoms with Gasteiger partial charge >= 0.3 is 0 Å². The van der Waals surface area contributed by atoms with Gasteiger partial charge in [0.05, 0.1) is 6.42 Å². The van der Waals surface area contributed by atoms with Crippen molar-refractivity contribution in [1.29, 1.82) is 0 Å². The van der Waals surface area contributed by atoms with Gasteiger partial charge in [-0.25, -0.2) is 0 Å². The lowest BCUT2D eigenvalue weighted by atomic mass is 10.1. The van der Waals surface area contributed by atoms with Gasteiger partial charge in [-0.1, -0.05) is 30.3 Å². The van der Waals surface area contributed by atoms with Crippen LogP contribution in [0.2, 0.25) is 0 Å². The molecule has 0 bridgehead atoms. The minimum atomic E-state index is -0.156. The van der Waals surface area contributed by atoms with Crippen LogP contribution < -0.4 is 15.5 Å². The van der Waals surface area contributed by atoms with Crippen molar-refractivity contribution in [3.8, 4) is 0 Å². The minimum absolute atomic E-state index is 0.103. The smallest absolute Gasteiger partial charge is 0.251 e. The summed E-state index contributed by atoms with van der Waals surface area (Å²) in [7, 11) is 0.